The molecule has 0 aliphatic heterocycles. The van der Waals surface area contributed by atoms with Gasteiger partial charge in [0.05, 0.1) is 25.2 Å². The summed E-state index contributed by atoms with van der Waals surface area (Å²) in [5.74, 6) is 0. The zero-order chi connectivity index (χ0) is 10.9. The van der Waals surface area contributed by atoms with Crippen molar-refractivity contribution >= 4 is 0 Å². The lowest BCUT2D eigenvalue weighted by atomic mass is 10.5. The molecule has 0 unspecified atom stereocenters. The Hall–Kier alpha value is -0.910. The summed E-state index contributed by atoms with van der Waals surface area (Å²) < 4.78 is 12.2. The molecule has 0 aromatic carbocycles. The first-order valence-corrected chi connectivity index (χ1v) is 5.05. The minimum absolute atomic E-state index is 0.0122. The Morgan fingerprint density at radius 3 is 2.93 bits per heavy atom. The van der Waals surface area contributed by atoms with Crippen LogP contribution in [0.3, 0.4) is 0 Å². The number of ether oxygens (including phenoxy) is 2. The Morgan fingerprint density at radius 2 is 2.27 bits per heavy atom. The van der Waals surface area contributed by atoms with E-state index in [0.717, 1.165) is 26.2 Å². The van der Waals surface area contributed by atoms with E-state index in [1.54, 1.807) is 13.4 Å². The van der Waals surface area contributed by atoms with Gasteiger partial charge in [0.1, 0.15) is 0 Å². The summed E-state index contributed by atoms with van der Waals surface area (Å²) >= 11 is 0. The van der Waals surface area contributed by atoms with Crippen LogP contribution in [-0.4, -0.2) is 41.6 Å². The van der Waals surface area contributed by atoms with E-state index >= 15 is 0 Å². The van der Waals surface area contributed by atoms with Crippen molar-refractivity contribution in [1.29, 1.82) is 0 Å². The van der Waals surface area contributed by atoms with Crippen LogP contribution in [0, 0.1) is 0 Å². The summed E-state index contributed by atoms with van der Waals surface area (Å²) in [6, 6.07) is 0. The van der Waals surface area contributed by atoms with Gasteiger partial charge in [-0.15, -0.1) is 0 Å². The van der Waals surface area contributed by atoms with Gasteiger partial charge in [-0.05, 0) is 6.42 Å². The second kappa shape index (κ2) is 7.39. The highest BCUT2D eigenvalue weighted by Gasteiger charge is 1.96. The zero-order valence-electron chi connectivity index (χ0n) is 9.06. The van der Waals surface area contributed by atoms with Crippen molar-refractivity contribution in [3.05, 3.63) is 18.2 Å². The Morgan fingerprint density at radius 1 is 1.40 bits per heavy atom. The molecular formula is C10H18N2O3. The van der Waals surface area contributed by atoms with Crippen LogP contribution >= 0.6 is 0 Å². The highest BCUT2D eigenvalue weighted by Crippen LogP contribution is 1.95. The summed E-state index contributed by atoms with van der Waals surface area (Å²) in [6.07, 6.45) is 4.44. The Labute approximate surface area is 89.6 Å². The third-order valence-electron chi connectivity index (χ3n) is 1.98. The van der Waals surface area contributed by atoms with E-state index in [1.165, 1.54) is 0 Å². The third kappa shape index (κ3) is 4.92. The van der Waals surface area contributed by atoms with Crippen molar-refractivity contribution < 1.29 is 14.6 Å². The smallest absolute Gasteiger partial charge is 0.0951 e. The molecule has 1 N–H and O–H groups in total. The van der Waals surface area contributed by atoms with Crippen molar-refractivity contribution in [2.45, 2.75) is 19.6 Å². The van der Waals surface area contributed by atoms with Crippen LogP contribution in [0.5, 0.6) is 0 Å². The highest BCUT2D eigenvalue weighted by molar-refractivity contribution is 4.93. The van der Waals surface area contributed by atoms with Crippen molar-refractivity contribution in [2.75, 3.05) is 26.9 Å². The van der Waals surface area contributed by atoms with Gasteiger partial charge in [-0.25, -0.2) is 4.98 Å². The summed E-state index contributed by atoms with van der Waals surface area (Å²) in [7, 11) is 1.68. The highest BCUT2D eigenvalue weighted by atomic mass is 16.5. The van der Waals surface area contributed by atoms with Gasteiger partial charge < -0.3 is 19.1 Å². The number of nitrogens with zero attached hydrogens (tertiary/aromatic N) is 2. The molecule has 0 atom stereocenters. The number of aliphatic hydroxyl groups is 1. The predicted octanol–water partition coefficient (Wildman–Crippen LogP) is 0.428. The monoisotopic (exact) mass is 214 g/mol. The van der Waals surface area contributed by atoms with Gasteiger partial charge >= 0.3 is 0 Å². The fourth-order valence-electron chi connectivity index (χ4n) is 1.19. The second-order valence-corrected chi connectivity index (χ2v) is 3.22. The van der Waals surface area contributed by atoms with Gasteiger partial charge in [-0.2, -0.15) is 0 Å². The number of hydrogen-bond acceptors (Lipinski definition) is 4. The summed E-state index contributed by atoms with van der Waals surface area (Å²) in [5.41, 5.74) is 0.689. The van der Waals surface area contributed by atoms with E-state index in [9.17, 15) is 0 Å². The normalized spacial score (nSPS) is 10.8. The molecule has 0 bridgehead atoms. The molecule has 0 amide bonds. The SMILES string of the molecule is COCCCOCCn1cnc(CO)c1. The largest absolute Gasteiger partial charge is 0.390 e. The number of hydrogen-bond donors (Lipinski definition) is 1. The quantitative estimate of drug-likeness (QED) is 0.637. The van der Waals surface area contributed by atoms with Crippen molar-refractivity contribution in [3.63, 3.8) is 0 Å². The molecule has 1 aromatic heterocycles. The van der Waals surface area contributed by atoms with Crippen LogP contribution in [-0.2, 0) is 22.6 Å². The van der Waals surface area contributed by atoms with E-state index < -0.39 is 0 Å². The number of aliphatic hydroxyl groups excluding tert-OH is 1. The Balaban J connectivity index is 2.04. The molecule has 5 nitrogen and oxygen atoms in total. The molecule has 0 radical (unpaired) electrons. The number of imidazole rings is 1. The van der Waals surface area contributed by atoms with Gasteiger partial charge in [-0.3, -0.25) is 0 Å². The molecular weight excluding hydrogens is 196 g/mol. The summed E-state index contributed by atoms with van der Waals surface area (Å²) in [4.78, 5) is 4.00. The fourth-order valence-corrected chi connectivity index (χ4v) is 1.19. The van der Waals surface area contributed by atoms with Crippen molar-refractivity contribution in [1.82, 2.24) is 9.55 Å². The lowest BCUT2D eigenvalue weighted by Crippen LogP contribution is -2.06. The van der Waals surface area contributed by atoms with Crippen LogP contribution in [0.15, 0.2) is 12.5 Å². The standard InChI is InChI=1S/C10H18N2O3/c1-14-4-2-5-15-6-3-12-7-10(8-13)11-9-12/h7,9,13H,2-6,8H2,1H3. The minimum atomic E-state index is -0.0122. The first kappa shape index (κ1) is 12.2. The molecule has 1 heterocycles. The maximum atomic E-state index is 8.80. The molecule has 15 heavy (non-hydrogen) atoms. The molecule has 0 aliphatic carbocycles. The Kier molecular flexibility index (Phi) is 5.99. The van der Waals surface area contributed by atoms with Gasteiger partial charge in [0.2, 0.25) is 0 Å². The van der Waals surface area contributed by atoms with E-state index in [2.05, 4.69) is 4.98 Å². The van der Waals surface area contributed by atoms with Crippen molar-refractivity contribution in [3.8, 4) is 0 Å². The van der Waals surface area contributed by atoms with Gasteiger partial charge in [0.25, 0.3) is 0 Å². The molecule has 1 aromatic rings. The fraction of sp³-hybridized carbons (Fsp3) is 0.700. The molecule has 1 rings (SSSR count). The molecule has 0 saturated heterocycles. The summed E-state index contributed by atoms with van der Waals surface area (Å²) in [5, 5.41) is 8.80. The van der Waals surface area contributed by atoms with Crippen molar-refractivity contribution in [2.24, 2.45) is 0 Å². The molecule has 0 aliphatic rings. The van der Waals surface area contributed by atoms with Gasteiger partial charge in [0, 0.05) is 33.1 Å². The average Bonchev–Trinajstić information content (AvgIpc) is 2.71. The lowest BCUT2D eigenvalue weighted by Gasteiger charge is -2.04. The molecule has 0 fully saturated rings. The first-order chi connectivity index (χ1) is 7.36. The zero-order valence-corrected chi connectivity index (χ0v) is 9.06. The molecule has 0 spiro atoms. The summed E-state index contributed by atoms with van der Waals surface area (Å²) in [6.45, 7) is 2.86. The molecule has 5 heteroatoms. The third-order valence-corrected chi connectivity index (χ3v) is 1.98. The lowest BCUT2D eigenvalue weighted by molar-refractivity contribution is 0.0976. The number of rotatable bonds is 8. The van der Waals surface area contributed by atoms with Crippen LogP contribution in [0.2, 0.25) is 0 Å². The first-order valence-electron chi connectivity index (χ1n) is 5.05. The Bertz CT molecular complexity index is 263. The topological polar surface area (TPSA) is 56.5 Å². The maximum Gasteiger partial charge on any atom is 0.0951 e. The van der Waals surface area contributed by atoms with E-state index in [0.29, 0.717) is 12.3 Å². The molecule has 0 saturated carbocycles. The van der Waals surface area contributed by atoms with Gasteiger partial charge in [-0.1, -0.05) is 0 Å². The van der Waals surface area contributed by atoms with Crippen LogP contribution < -0.4 is 0 Å². The van der Waals surface area contributed by atoms with Gasteiger partial charge in [0.15, 0.2) is 0 Å². The van der Waals surface area contributed by atoms with Crippen LogP contribution in [0.4, 0.5) is 0 Å². The average molecular weight is 214 g/mol. The van der Waals surface area contributed by atoms with Crippen LogP contribution in [0.1, 0.15) is 12.1 Å². The van der Waals surface area contributed by atoms with E-state index in [4.69, 9.17) is 14.6 Å². The minimum Gasteiger partial charge on any atom is -0.390 e. The number of aromatic nitrogens is 2. The second-order valence-electron chi connectivity index (χ2n) is 3.22. The van der Waals surface area contributed by atoms with E-state index in [1.807, 2.05) is 10.8 Å². The predicted molar refractivity (Wildman–Crippen MR) is 55.5 cm³/mol. The van der Waals surface area contributed by atoms with Crippen LogP contribution in [0.25, 0.3) is 0 Å². The maximum absolute atomic E-state index is 8.80. The number of methoxy groups -OCH3 is 1. The molecule has 86 valence electrons. The van der Waals surface area contributed by atoms with E-state index in [-0.39, 0.29) is 6.61 Å².